The van der Waals surface area contributed by atoms with Gasteiger partial charge >= 0.3 is 0 Å². The Balaban J connectivity index is 1.60. The molecule has 2 aromatic carbocycles. The molecule has 0 bridgehead atoms. The summed E-state index contributed by atoms with van der Waals surface area (Å²) in [4.78, 5) is 31.2. The minimum atomic E-state index is -0.486. The molecule has 0 spiro atoms. The van der Waals surface area contributed by atoms with Gasteiger partial charge < -0.3 is 15.6 Å². The number of carbonyl (C=O) groups is 2. The molecular weight excluding hydrogens is 335 g/mol. The fraction of sp³-hybridized carbons (Fsp3) is 0.105. The molecular formula is C19H17FN4O2. The summed E-state index contributed by atoms with van der Waals surface area (Å²) in [7, 11) is 0. The molecule has 7 heteroatoms. The van der Waals surface area contributed by atoms with Crippen LogP contribution in [0.1, 0.15) is 32.1 Å². The molecule has 132 valence electrons. The quantitative estimate of drug-likeness (QED) is 0.637. The first-order chi connectivity index (χ1) is 12.6. The van der Waals surface area contributed by atoms with Crippen molar-refractivity contribution in [1.29, 1.82) is 0 Å². The summed E-state index contributed by atoms with van der Waals surface area (Å²) in [6.07, 6.45) is 1.30. The molecule has 0 aliphatic heterocycles. The molecule has 26 heavy (non-hydrogen) atoms. The van der Waals surface area contributed by atoms with Gasteiger partial charge in [0.15, 0.2) is 5.69 Å². The minimum Gasteiger partial charge on any atom is -0.347 e. The zero-order valence-electron chi connectivity index (χ0n) is 13.8. The number of halogens is 1. The molecule has 0 fully saturated rings. The number of imidazole rings is 1. The van der Waals surface area contributed by atoms with E-state index in [-0.39, 0.29) is 23.7 Å². The van der Waals surface area contributed by atoms with Crippen LogP contribution in [0, 0.1) is 5.82 Å². The highest BCUT2D eigenvalue weighted by Crippen LogP contribution is 2.06. The van der Waals surface area contributed by atoms with E-state index in [1.807, 2.05) is 30.3 Å². The molecule has 0 unspecified atom stereocenters. The number of aromatic nitrogens is 2. The summed E-state index contributed by atoms with van der Waals surface area (Å²) in [6.45, 7) is 0.548. The predicted molar refractivity (Wildman–Crippen MR) is 93.8 cm³/mol. The van der Waals surface area contributed by atoms with Crippen LogP contribution < -0.4 is 10.6 Å². The fourth-order valence-corrected chi connectivity index (χ4v) is 2.37. The molecule has 0 saturated heterocycles. The van der Waals surface area contributed by atoms with Gasteiger partial charge in [0, 0.05) is 13.1 Å². The molecule has 0 aliphatic rings. The van der Waals surface area contributed by atoms with Gasteiger partial charge in [0.05, 0.1) is 6.33 Å². The summed E-state index contributed by atoms with van der Waals surface area (Å²) in [6, 6.07) is 15.2. The highest BCUT2D eigenvalue weighted by atomic mass is 19.1. The van der Waals surface area contributed by atoms with Crippen molar-refractivity contribution in [3.8, 4) is 0 Å². The highest BCUT2D eigenvalue weighted by molar-refractivity contribution is 6.04. The van der Waals surface area contributed by atoms with Crippen molar-refractivity contribution < 1.29 is 14.0 Å². The van der Waals surface area contributed by atoms with Crippen LogP contribution in [0.5, 0.6) is 0 Å². The first-order valence-electron chi connectivity index (χ1n) is 8.01. The van der Waals surface area contributed by atoms with Crippen molar-refractivity contribution in [1.82, 2.24) is 20.6 Å². The Bertz CT molecular complexity index is 891. The fourth-order valence-electron chi connectivity index (χ4n) is 2.37. The van der Waals surface area contributed by atoms with Crippen LogP contribution in [0.25, 0.3) is 0 Å². The van der Waals surface area contributed by atoms with Gasteiger partial charge in [0.2, 0.25) is 0 Å². The standard InChI is InChI=1S/C19H17FN4O2/c20-15-8-6-14(7-9-15)11-22-19(26)17-16(23-12-24-17)18(25)21-10-13-4-2-1-3-5-13/h1-9,12H,10-11H2,(H,21,25)(H,22,26)(H,23,24). The number of nitrogens with zero attached hydrogens (tertiary/aromatic N) is 1. The molecule has 1 heterocycles. The van der Waals surface area contributed by atoms with Crippen LogP contribution in [0.2, 0.25) is 0 Å². The maximum atomic E-state index is 12.9. The Morgan fingerprint density at radius 2 is 1.50 bits per heavy atom. The number of rotatable bonds is 6. The van der Waals surface area contributed by atoms with Crippen molar-refractivity contribution >= 4 is 11.8 Å². The lowest BCUT2D eigenvalue weighted by molar-refractivity contribution is 0.0911. The lowest BCUT2D eigenvalue weighted by Crippen LogP contribution is -2.29. The number of aromatic amines is 1. The highest BCUT2D eigenvalue weighted by Gasteiger charge is 2.20. The minimum absolute atomic E-state index is 0.0117. The zero-order valence-corrected chi connectivity index (χ0v) is 13.8. The van der Waals surface area contributed by atoms with Gasteiger partial charge in [-0.3, -0.25) is 9.59 Å². The lowest BCUT2D eigenvalue weighted by atomic mass is 10.2. The van der Waals surface area contributed by atoms with Crippen molar-refractivity contribution in [2.45, 2.75) is 13.1 Å². The summed E-state index contributed by atoms with van der Waals surface area (Å²) in [5.41, 5.74) is 1.79. The van der Waals surface area contributed by atoms with Crippen LogP contribution in [-0.4, -0.2) is 21.8 Å². The summed E-state index contributed by atoms with van der Waals surface area (Å²) >= 11 is 0. The van der Waals surface area contributed by atoms with E-state index in [4.69, 9.17) is 0 Å². The van der Waals surface area contributed by atoms with Crippen molar-refractivity contribution in [2.24, 2.45) is 0 Å². The second-order valence-electron chi connectivity index (χ2n) is 5.60. The molecule has 3 N–H and O–H groups in total. The van der Waals surface area contributed by atoms with E-state index in [1.54, 1.807) is 12.1 Å². The third kappa shape index (κ3) is 4.32. The number of nitrogens with one attached hydrogen (secondary N) is 3. The van der Waals surface area contributed by atoms with Gasteiger partial charge in [-0.15, -0.1) is 0 Å². The molecule has 0 atom stereocenters. The van der Waals surface area contributed by atoms with Crippen molar-refractivity contribution in [3.63, 3.8) is 0 Å². The van der Waals surface area contributed by atoms with Gasteiger partial charge in [-0.1, -0.05) is 42.5 Å². The van der Waals surface area contributed by atoms with E-state index in [9.17, 15) is 14.0 Å². The van der Waals surface area contributed by atoms with Crippen LogP contribution in [-0.2, 0) is 13.1 Å². The maximum Gasteiger partial charge on any atom is 0.272 e. The maximum absolute atomic E-state index is 12.9. The molecule has 0 aliphatic carbocycles. The van der Waals surface area contributed by atoms with Crippen molar-refractivity contribution in [3.05, 3.63) is 89.3 Å². The van der Waals surface area contributed by atoms with Crippen LogP contribution >= 0.6 is 0 Å². The van der Waals surface area contributed by atoms with E-state index >= 15 is 0 Å². The second-order valence-corrected chi connectivity index (χ2v) is 5.60. The average Bonchev–Trinajstić information content (AvgIpc) is 3.16. The molecule has 2 amide bonds. The Morgan fingerprint density at radius 3 is 2.19 bits per heavy atom. The SMILES string of the molecule is O=C(NCc1ccc(F)cc1)c1nc[nH]c1C(=O)NCc1ccccc1. The number of hydrogen-bond acceptors (Lipinski definition) is 3. The summed E-state index contributed by atoms with van der Waals surface area (Å²) < 4.78 is 12.9. The normalized spacial score (nSPS) is 10.3. The van der Waals surface area contributed by atoms with E-state index in [0.717, 1.165) is 11.1 Å². The van der Waals surface area contributed by atoms with E-state index in [0.29, 0.717) is 6.54 Å². The molecule has 3 aromatic rings. The molecule has 3 rings (SSSR count). The van der Waals surface area contributed by atoms with E-state index < -0.39 is 11.8 Å². The molecule has 6 nitrogen and oxygen atoms in total. The first-order valence-corrected chi connectivity index (χ1v) is 8.01. The van der Waals surface area contributed by atoms with Gasteiger partial charge in [0.25, 0.3) is 11.8 Å². The van der Waals surface area contributed by atoms with Crippen LogP contribution in [0.4, 0.5) is 4.39 Å². The number of hydrogen-bond donors (Lipinski definition) is 3. The second kappa shape index (κ2) is 8.06. The van der Waals surface area contributed by atoms with Gasteiger partial charge in [-0.05, 0) is 23.3 Å². The number of H-pyrrole nitrogens is 1. The zero-order chi connectivity index (χ0) is 18.4. The van der Waals surface area contributed by atoms with Crippen LogP contribution in [0.15, 0.2) is 60.9 Å². The van der Waals surface area contributed by atoms with Gasteiger partial charge in [0.1, 0.15) is 11.5 Å². The van der Waals surface area contributed by atoms with Crippen LogP contribution in [0.3, 0.4) is 0 Å². The monoisotopic (exact) mass is 352 g/mol. The predicted octanol–water partition coefficient (Wildman–Crippen LogP) is 2.41. The third-order valence-corrected chi connectivity index (χ3v) is 3.74. The largest absolute Gasteiger partial charge is 0.347 e. The van der Waals surface area contributed by atoms with Gasteiger partial charge in [-0.25, -0.2) is 9.37 Å². The topological polar surface area (TPSA) is 86.9 Å². The Kier molecular flexibility index (Phi) is 5.38. The average molecular weight is 352 g/mol. The summed E-state index contributed by atoms with van der Waals surface area (Å²) in [5.74, 6) is -1.25. The summed E-state index contributed by atoms with van der Waals surface area (Å²) in [5, 5.41) is 5.41. The lowest BCUT2D eigenvalue weighted by Gasteiger charge is -2.07. The molecule has 0 radical (unpaired) electrons. The number of carbonyl (C=O) groups excluding carboxylic acids is 2. The van der Waals surface area contributed by atoms with Gasteiger partial charge in [-0.2, -0.15) is 0 Å². The smallest absolute Gasteiger partial charge is 0.272 e. The Labute approximate surface area is 149 Å². The Morgan fingerprint density at radius 1 is 0.885 bits per heavy atom. The van der Waals surface area contributed by atoms with Crippen molar-refractivity contribution in [2.75, 3.05) is 0 Å². The van der Waals surface area contributed by atoms with E-state index in [1.165, 1.54) is 18.5 Å². The molecule has 0 saturated carbocycles. The third-order valence-electron chi connectivity index (χ3n) is 3.74. The van der Waals surface area contributed by atoms with E-state index in [2.05, 4.69) is 20.6 Å². The number of amides is 2. The Hall–Kier alpha value is -3.48. The molecule has 1 aromatic heterocycles. The first kappa shape index (κ1) is 17.3. The number of benzene rings is 2.